The van der Waals surface area contributed by atoms with Gasteiger partial charge in [-0.2, -0.15) is 5.26 Å². The van der Waals surface area contributed by atoms with E-state index < -0.39 is 11.8 Å². The van der Waals surface area contributed by atoms with Gasteiger partial charge >= 0.3 is 6.09 Å². The highest BCUT2D eigenvalue weighted by Crippen LogP contribution is 2.41. The van der Waals surface area contributed by atoms with Crippen molar-refractivity contribution in [1.82, 2.24) is 15.2 Å². The van der Waals surface area contributed by atoms with E-state index in [1.54, 1.807) is 0 Å². The Balaban J connectivity index is 1.45. The molecule has 1 N–H and O–H groups in total. The van der Waals surface area contributed by atoms with Crippen LogP contribution in [-0.2, 0) is 4.74 Å². The molecule has 0 spiro atoms. The number of nitriles is 1. The number of carbonyl (C=O) groups is 1. The number of aromatic nitrogens is 1. The largest absolute Gasteiger partial charge is 0.476 e. The molecule has 1 amide bonds. The van der Waals surface area contributed by atoms with Gasteiger partial charge in [-0.15, -0.1) is 0 Å². The Kier molecular flexibility index (Phi) is 8.20. The van der Waals surface area contributed by atoms with E-state index in [-0.39, 0.29) is 30.0 Å². The lowest BCUT2D eigenvalue weighted by Gasteiger charge is -2.42. The Labute approximate surface area is 237 Å². The number of fused-ring (bicyclic) bond motifs is 3. The lowest BCUT2D eigenvalue weighted by Crippen LogP contribution is -2.57. The number of alkyl halides is 1. The second-order valence-electron chi connectivity index (χ2n) is 11.9. The number of piperazine rings is 1. The Morgan fingerprint density at radius 3 is 2.69 bits per heavy atom. The van der Waals surface area contributed by atoms with Gasteiger partial charge in [0.1, 0.15) is 23.4 Å². The summed E-state index contributed by atoms with van der Waals surface area (Å²) in [6.07, 6.45) is 2.83. The average Bonchev–Trinajstić information content (AvgIpc) is 3.13. The summed E-state index contributed by atoms with van der Waals surface area (Å²) < 4.78 is 27.1. The number of nitrogens with zero attached hydrogens (tertiary/aromatic N) is 4. The van der Waals surface area contributed by atoms with Gasteiger partial charge < -0.3 is 19.7 Å². The molecule has 2 bridgehead atoms. The van der Waals surface area contributed by atoms with Gasteiger partial charge in [-0.3, -0.25) is 4.90 Å². The zero-order valence-corrected chi connectivity index (χ0v) is 24.5. The summed E-state index contributed by atoms with van der Waals surface area (Å²) in [5, 5.41) is 14.4. The Hall–Kier alpha value is -2.64. The standard InChI is InChI=1S/C29H37BrFN5O3/c1-29(2,3)39-28(37)36-21-7-8-22(36)16-35(15-21)26-23-9-6-19(30)12-25(23)34-27(24(26)13-32)38-17-18-5-4-10-33-14-20(31)11-18/h6,9,12,18,20-22,33H,4-5,7-8,10-11,14-17H2,1-3H3/t18-,20-,21?,22?/m1/s1. The van der Waals surface area contributed by atoms with Crippen molar-refractivity contribution >= 4 is 38.6 Å². The van der Waals surface area contributed by atoms with Gasteiger partial charge in [-0.05, 0) is 83.5 Å². The molecule has 5 rings (SSSR count). The molecular formula is C29H37BrFN5O3. The summed E-state index contributed by atoms with van der Waals surface area (Å²) in [6.45, 7) is 8.31. The molecule has 1 aromatic carbocycles. The quantitative estimate of drug-likeness (QED) is 0.490. The second-order valence-corrected chi connectivity index (χ2v) is 12.9. The van der Waals surface area contributed by atoms with E-state index in [1.165, 1.54) is 0 Å². The molecule has 3 aliphatic heterocycles. The van der Waals surface area contributed by atoms with Crippen LogP contribution in [0.3, 0.4) is 0 Å². The zero-order valence-electron chi connectivity index (χ0n) is 22.9. The van der Waals surface area contributed by atoms with E-state index in [0.717, 1.165) is 53.3 Å². The van der Waals surface area contributed by atoms with Crippen LogP contribution in [0, 0.1) is 17.2 Å². The maximum atomic E-state index is 14.3. The molecule has 3 aliphatic rings. The first-order valence-corrected chi connectivity index (χ1v) is 14.7. The van der Waals surface area contributed by atoms with Gasteiger partial charge in [-0.25, -0.2) is 14.2 Å². The van der Waals surface area contributed by atoms with Crippen molar-refractivity contribution in [3.05, 3.63) is 28.2 Å². The number of anilines is 1. The van der Waals surface area contributed by atoms with Gasteiger partial charge in [0.05, 0.1) is 29.9 Å². The number of carbonyl (C=O) groups excluding carboxylic acids is 1. The van der Waals surface area contributed by atoms with Crippen molar-refractivity contribution < 1.29 is 18.7 Å². The third-order valence-electron chi connectivity index (χ3n) is 7.78. The molecule has 210 valence electrons. The number of ether oxygens (including phenoxy) is 2. The number of rotatable bonds is 4. The van der Waals surface area contributed by atoms with Crippen LogP contribution < -0.4 is 15.0 Å². The van der Waals surface area contributed by atoms with Crippen molar-refractivity contribution in [3.63, 3.8) is 0 Å². The van der Waals surface area contributed by atoms with Crippen molar-refractivity contribution in [2.45, 2.75) is 76.7 Å². The third-order valence-corrected chi connectivity index (χ3v) is 8.27. The van der Waals surface area contributed by atoms with Crippen molar-refractivity contribution in [3.8, 4) is 11.9 Å². The lowest BCUT2D eigenvalue weighted by atomic mass is 9.96. The summed E-state index contributed by atoms with van der Waals surface area (Å²) in [5.74, 6) is 0.348. The average molecular weight is 603 g/mol. The summed E-state index contributed by atoms with van der Waals surface area (Å²) in [6, 6.07) is 8.22. The highest BCUT2D eigenvalue weighted by atomic mass is 79.9. The monoisotopic (exact) mass is 601 g/mol. The fraction of sp³-hybridized carbons (Fsp3) is 0.621. The van der Waals surface area contributed by atoms with Crippen LogP contribution in [0.5, 0.6) is 5.88 Å². The SMILES string of the molecule is CC(C)(C)OC(=O)N1C2CCC1CN(c1c(C#N)c(OC[C@@H]3CCCNC[C@H](F)C3)nc3cc(Br)ccc13)C2. The minimum Gasteiger partial charge on any atom is -0.476 e. The molecule has 3 saturated heterocycles. The fourth-order valence-electron chi connectivity index (χ4n) is 6.12. The highest BCUT2D eigenvalue weighted by molar-refractivity contribution is 9.10. The summed E-state index contributed by atoms with van der Waals surface area (Å²) in [4.78, 5) is 21.9. The Morgan fingerprint density at radius 2 is 2.00 bits per heavy atom. The molecule has 2 unspecified atom stereocenters. The van der Waals surface area contributed by atoms with Crippen molar-refractivity contribution in [2.24, 2.45) is 5.92 Å². The molecule has 4 heterocycles. The first-order chi connectivity index (χ1) is 18.6. The second kappa shape index (κ2) is 11.5. The number of benzene rings is 1. The molecule has 2 aromatic rings. The van der Waals surface area contributed by atoms with Crippen molar-refractivity contribution in [2.75, 3.05) is 37.7 Å². The summed E-state index contributed by atoms with van der Waals surface area (Å²) in [7, 11) is 0. The molecule has 0 radical (unpaired) electrons. The number of pyridine rings is 1. The molecule has 4 atom stereocenters. The molecule has 8 nitrogen and oxygen atoms in total. The number of hydrogen-bond acceptors (Lipinski definition) is 7. The first kappa shape index (κ1) is 27.9. The predicted molar refractivity (Wildman–Crippen MR) is 152 cm³/mol. The molecule has 10 heteroatoms. The molecule has 0 aliphatic carbocycles. The Bertz CT molecular complexity index is 1250. The van der Waals surface area contributed by atoms with Crippen LogP contribution >= 0.6 is 15.9 Å². The maximum Gasteiger partial charge on any atom is 0.410 e. The van der Waals surface area contributed by atoms with E-state index in [0.29, 0.717) is 38.2 Å². The number of hydrogen-bond donors (Lipinski definition) is 1. The van der Waals surface area contributed by atoms with E-state index in [2.05, 4.69) is 32.2 Å². The van der Waals surface area contributed by atoms with Gasteiger partial charge in [0, 0.05) is 29.5 Å². The van der Waals surface area contributed by atoms with E-state index >= 15 is 0 Å². The van der Waals surface area contributed by atoms with E-state index in [4.69, 9.17) is 14.5 Å². The number of halogens is 2. The minimum atomic E-state index is -0.915. The van der Waals surface area contributed by atoms with Crippen LogP contribution in [0.25, 0.3) is 10.9 Å². The minimum absolute atomic E-state index is 0.00167. The van der Waals surface area contributed by atoms with E-state index in [9.17, 15) is 14.4 Å². The highest BCUT2D eigenvalue weighted by Gasteiger charge is 2.45. The van der Waals surface area contributed by atoms with Crippen LogP contribution in [0.1, 0.15) is 58.4 Å². The fourth-order valence-corrected chi connectivity index (χ4v) is 6.47. The number of nitrogens with one attached hydrogen (secondary N) is 1. The third kappa shape index (κ3) is 6.25. The normalized spacial score (nSPS) is 25.6. The van der Waals surface area contributed by atoms with Gasteiger partial charge in [0.2, 0.25) is 5.88 Å². The number of amides is 1. The van der Waals surface area contributed by atoms with Crippen LogP contribution in [0.2, 0.25) is 0 Å². The van der Waals surface area contributed by atoms with Crippen LogP contribution in [0.4, 0.5) is 14.9 Å². The van der Waals surface area contributed by atoms with Gasteiger partial charge in [0.15, 0.2) is 0 Å². The molecule has 0 saturated carbocycles. The van der Waals surface area contributed by atoms with Gasteiger partial charge in [-0.1, -0.05) is 15.9 Å². The van der Waals surface area contributed by atoms with E-state index in [1.807, 2.05) is 43.9 Å². The predicted octanol–water partition coefficient (Wildman–Crippen LogP) is 5.56. The molecule has 1 aromatic heterocycles. The molecule has 39 heavy (non-hydrogen) atoms. The summed E-state index contributed by atoms with van der Waals surface area (Å²) >= 11 is 3.55. The summed E-state index contributed by atoms with van der Waals surface area (Å²) in [5.41, 5.74) is 1.34. The molecule has 3 fully saturated rings. The zero-order chi connectivity index (χ0) is 27.7. The van der Waals surface area contributed by atoms with Crippen LogP contribution in [-0.4, -0.2) is 72.6 Å². The smallest absolute Gasteiger partial charge is 0.410 e. The lowest BCUT2D eigenvalue weighted by molar-refractivity contribution is 0.0123. The van der Waals surface area contributed by atoms with Crippen molar-refractivity contribution in [1.29, 1.82) is 5.26 Å². The topological polar surface area (TPSA) is 90.7 Å². The molecular weight excluding hydrogens is 565 g/mol. The maximum absolute atomic E-state index is 14.3. The first-order valence-electron chi connectivity index (χ1n) is 13.9. The Morgan fingerprint density at radius 1 is 1.26 bits per heavy atom. The van der Waals surface area contributed by atoms with Crippen LogP contribution in [0.15, 0.2) is 22.7 Å². The van der Waals surface area contributed by atoms with Gasteiger partial charge in [0.25, 0.3) is 0 Å².